The number of aliphatic carboxylic acids is 1. The van der Waals surface area contributed by atoms with Gasteiger partial charge in [-0.25, -0.2) is 0 Å². The van der Waals surface area contributed by atoms with Crippen molar-refractivity contribution in [1.82, 2.24) is 5.32 Å². The lowest BCUT2D eigenvalue weighted by Crippen LogP contribution is -2.31. The topological polar surface area (TPSA) is 66.4 Å². The van der Waals surface area contributed by atoms with Gasteiger partial charge in [-0.15, -0.1) is 0 Å². The van der Waals surface area contributed by atoms with E-state index < -0.39 is 11.9 Å². The van der Waals surface area contributed by atoms with Crippen molar-refractivity contribution < 1.29 is 14.7 Å². The molecular formula is C14H15Cl2NO3. The van der Waals surface area contributed by atoms with Gasteiger partial charge in [0.2, 0.25) is 5.91 Å². The molecule has 1 atom stereocenters. The standard InChI is InChI=1S/C14H15Cl2NO3/c1-2-9(14(19)20)8-17-13(18)6-3-10-7-11(15)4-5-12(10)16/h3-7,9H,2,8H2,1H3,(H,17,18)(H,19,20). The zero-order valence-electron chi connectivity index (χ0n) is 10.9. The number of hydrogen-bond donors (Lipinski definition) is 2. The highest BCUT2D eigenvalue weighted by molar-refractivity contribution is 6.34. The Bertz CT molecular complexity index is 529. The molecule has 0 heterocycles. The van der Waals surface area contributed by atoms with Gasteiger partial charge in [0.25, 0.3) is 0 Å². The van der Waals surface area contributed by atoms with Crippen molar-refractivity contribution >= 4 is 41.2 Å². The first-order valence-electron chi connectivity index (χ1n) is 6.07. The molecule has 0 aliphatic rings. The third-order valence-corrected chi connectivity index (χ3v) is 3.32. The van der Waals surface area contributed by atoms with Gasteiger partial charge in [0.05, 0.1) is 5.92 Å². The number of benzene rings is 1. The van der Waals surface area contributed by atoms with Crippen LogP contribution in [0.1, 0.15) is 18.9 Å². The van der Waals surface area contributed by atoms with E-state index in [1.807, 2.05) is 0 Å². The maximum absolute atomic E-state index is 11.6. The van der Waals surface area contributed by atoms with E-state index in [9.17, 15) is 9.59 Å². The molecule has 0 fully saturated rings. The van der Waals surface area contributed by atoms with E-state index in [1.54, 1.807) is 25.1 Å². The SMILES string of the molecule is CCC(CNC(=O)C=Cc1cc(Cl)ccc1Cl)C(=O)O. The van der Waals surface area contributed by atoms with Gasteiger partial charge in [-0.05, 0) is 36.3 Å². The molecule has 0 aliphatic heterocycles. The number of halogens is 2. The molecule has 0 aromatic heterocycles. The first kappa shape index (κ1) is 16.5. The van der Waals surface area contributed by atoms with Gasteiger partial charge >= 0.3 is 5.97 Å². The van der Waals surface area contributed by atoms with E-state index in [0.717, 1.165) is 0 Å². The number of carbonyl (C=O) groups excluding carboxylic acids is 1. The van der Waals surface area contributed by atoms with Gasteiger partial charge in [0, 0.05) is 22.7 Å². The Kier molecular flexibility index (Phi) is 6.55. The molecule has 0 saturated heterocycles. The van der Waals surface area contributed by atoms with Crippen LogP contribution >= 0.6 is 23.2 Å². The van der Waals surface area contributed by atoms with Gasteiger partial charge in [-0.1, -0.05) is 30.1 Å². The van der Waals surface area contributed by atoms with Crippen molar-refractivity contribution in [2.75, 3.05) is 6.54 Å². The number of carbonyl (C=O) groups is 2. The number of rotatable bonds is 6. The Morgan fingerprint density at radius 2 is 2.10 bits per heavy atom. The summed E-state index contributed by atoms with van der Waals surface area (Å²) in [7, 11) is 0. The fourth-order valence-electron chi connectivity index (χ4n) is 1.50. The summed E-state index contributed by atoms with van der Waals surface area (Å²) >= 11 is 11.8. The molecular weight excluding hydrogens is 301 g/mol. The van der Waals surface area contributed by atoms with Gasteiger partial charge in [-0.3, -0.25) is 9.59 Å². The van der Waals surface area contributed by atoms with E-state index in [1.165, 1.54) is 12.2 Å². The van der Waals surface area contributed by atoms with Crippen LogP contribution in [-0.4, -0.2) is 23.5 Å². The van der Waals surface area contributed by atoms with Crippen LogP contribution in [-0.2, 0) is 9.59 Å². The molecule has 0 bridgehead atoms. The van der Waals surface area contributed by atoms with E-state index in [0.29, 0.717) is 22.0 Å². The molecule has 0 spiro atoms. The predicted octanol–water partition coefficient (Wildman–Crippen LogP) is 3.23. The molecule has 20 heavy (non-hydrogen) atoms. The van der Waals surface area contributed by atoms with Crippen LogP contribution in [0.4, 0.5) is 0 Å². The fourth-order valence-corrected chi connectivity index (χ4v) is 1.86. The average molecular weight is 316 g/mol. The minimum absolute atomic E-state index is 0.0955. The molecule has 108 valence electrons. The van der Waals surface area contributed by atoms with Crippen LogP contribution in [0.15, 0.2) is 24.3 Å². The monoisotopic (exact) mass is 315 g/mol. The molecule has 1 aromatic carbocycles. The number of carboxylic acids is 1. The predicted molar refractivity (Wildman–Crippen MR) is 79.9 cm³/mol. The van der Waals surface area contributed by atoms with Crippen LogP contribution in [0.5, 0.6) is 0 Å². The van der Waals surface area contributed by atoms with E-state index in [4.69, 9.17) is 28.3 Å². The minimum Gasteiger partial charge on any atom is -0.481 e. The van der Waals surface area contributed by atoms with E-state index in [2.05, 4.69) is 5.32 Å². The van der Waals surface area contributed by atoms with Crippen LogP contribution in [0.2, 0.25) is 10.0 Å². The molecule has 4 nitrogen and oxygen atoms in total. The van der Waals surface area contributed by atoms with E-state index in [-0.39, 0.29) is 12.5 Å². The maximum Gasteiger partial charge on any atom is 0.308 e. The molecule has 1 amide bonds. The Balaban J connectivity index is 2.60. The zero-order valence-corrected chi connectivity index (χ0v) is 12.4. The smallest absolute Gasteiger partial charge is 0.308 e. The highest BCUT2D eigenvalue weighted by atomic mass is 35.5. The summed E-state index contributed by atoms with van der Waals surface area (Å²) in [5.41, 5.74) is 0.625. The normalized spacial score (nSPS) is 12.3. The average Bonchev–Trinajstić information content (AvgIpc) is 2.40. The van der Waals surface area contributed by atoms with Crippen molar-refractivity contribution in [1.29, 1.82) is 0 Å². The van der Waals surface area contributed by atoms with Crippen molar-refractivity contribution in [3.05, 3.63) is 39.9 Å². The summed E-state index contributed by atoms with van der Waals surface area (Å²) < 4.78 is 0. The van der Waals surface area contributed by atoms with Crippen molar-refractivity contribution in [2.45, 2.75) is 13.3 Å². The third-order valence-electron chi connectivity index (χ3n) is 2.74. The summed E-state index contributed by atoms with van der Waals surface area (Å²) in [6, 6.07) is 4.93. The molecule has 1 aromatic rings. The molecule has 1 unspecified atom stereocenters. The number of nitrogens with one attached hydrogen (secondary N) is 1. The summed E-state index contributed by atoms with van der Waals surface area (Å²) in [4.78, 5) is 22.4. The minimum atomic E-state index is -0.922. The molecule has 1 rings (SSSR count). The molecule has 0 saturated carbocycles. The van der Waals surface area contributed by atoms with E-state index >= 15 is 0 Å². The molecule has 0 radical (unpaired) electrons. The molecule has 6 heteroatoms. The highest BCUT2D eigenvalue weighted by Gasteiger charge is 2.14. The van der Waals surface area contributed by atoms with Crippen LogP contribution < -0.4 is 5.32 Å². The quantitative estimate of drug-likeness (QED) is 0.792. The molecule has 2 N–H and O–H groups in total. The Morgan fingerprint density at radius 1 is 1.40 bits per heavy atom. The number of carboxylic acid groups (broad SMARTS) is 1. The lowest BCUT2D eigenvalue weighted by Gasteiger charge is -2.09. The summed E-state index contributed by atoms with van der Waals surface area (Å²) in [6.07, 6.45) is 3.29. The summed E-state index contributed by atoms with van der Waals surface area (Å²) in [6.45, 7) is 1.85. The van der Waals surface area contributed by atoms with Crippen LogP contribution in [0.25, 0.3) is 6.08 Å². The molecule has 0 aliphatic carbocycles. The third kappa shape index (κ3) is 5.23. The second-order valence-corrected chi connectivity index (χ2v) is 5.03. The first-order valence-corrected chi connectivity index (χ1v) is 6.83. The fraction of sp³-hybridized carbons (Fsp3) is 0.286. The number of amides is 1. The summed E-state index contributed by atoms with van der Waals surface area (Å²) in [5.74, 6) is -1.88. The van der Waals surface area contributed by atoms with Gasteiger partial charge < -0.3 is 10.4 Å². The van der Waals surface area contributed by atoms with Crippen LogP contribution in [0, 0.1) is 5.92 Å². The summed E-state index contributed by atoms with van der Waals surface area (Å²) in [5, 5.41) is 12.4. The van der Waals surface area contributed by atoms with Gasteiger partial charge in [-0.2, -0.15) is 0 Å². The van der Waals surface area contributed by atoms with Crippen molar-refractivity contribution in [2.24, 2.45) is 5.92 Å². The van der Waals surface area contributed by atoms with Gasteiger partial charge in [0.1, 0.15) is 0 Å². The second-order valence-electron chi connectivity index (χ2n) is 4.19. The Labute approximate surface area is 127 Å². The maximum atomic E-state index is 11.6. The lowest BCUT2D eigenvalue weighted by molar-refractivity contribution is -0.141. The number of hydrogen-bond acceptors (Lipinski definition) is 2. The van der Waals surface area contributed by atoms with Crippen molar-refractivity contribution in [3.63, 3.8) is 0 Å². The first-order chi connectivity index (χ1) is 9.43. The van der Waals surface area contributed by atoms with Crippen molar-refractivity contribution in [3.8, 4) is 0 Å². The zero-order chi connectivity index (χ0) is 15.1. The second kappa shape index (κ2) is 7.92. The highest BCUT2D eigenvalue weighted by Crippen LogP contribution is 2.21. The largest absolute Gasteiger partial charge is 0.481 e. The Hall–Kier alpha value is -1.52. The van der Waals surface area contributed by atoms with Gasteiger partial charge in [0.15, 0.2) is 0 Å². The Morgan fingerprint density at radius 3 is 2.70 bits per heavy atom. The van der Waals surface area contributed by atoms with Crippen LogP contribution in [0.3, 0.4) is 0 Å². The lowest BCUT2D eigenvalue weighted by atomic mass is 10.1.